The molecule has 3 amide bonds. The van der Waals surface area contributed by atoms with Gasteiger partial charge < -0.3 is 19.0 Å². The highest BCUT2D eigenvalue weighted by atomic mass is 16.6. The third-order valence-corrected chi connectivity index (χ3v) is 5.28. The molecule has 1 N–H and O–H groups in total. The fourth-order valence-corrected chi connectivity index (χ4v) is 3.91. The summed E-state index contributed by atoms with van der Waals surface area (Å²) in [6, 6.07) is -0.886. The third kappa shape index (κ3) is 3.33. The van der Waals surface area contributed by atoms with Crippen LogP contribution in [0.1, 0.15) is 63.8 Å². The number of hydroxylamine groups is 2. The van der Waals surface area contributed by atoms with Crippen LogP contribution in [0.25, 0.3) is 0 Å². The van der Waals surface area contributed by atoms with Gasteiger partial charge in [0.2, 0.25) is 11.8 Å². The Balaban J connectivity index is 1.42. The van der Waals surface area contributed by atoms with E-state index < -0.39 is 11.6 Å². The third-order valence-electron chi connectivity index (χ3n) is 5.28. The standard InChI is InChI=1S/C17H25N5O5/c1-17(2,3)27-16(24)20-7-6-10(8-20)13-18-19-14(26-13)12-5-4-11-9-21(12)15(23)22(11)25/h10-12,25H,4-9H2,1-3H3/t10?,11-,12-/m0/s1. The molecule has 3 fully saturated rings. The molecule has 3 aliphatic heterocycles. The van der Waals surface area contributed by atoms with Gasteiger partial charge in [0.15, 0.2) is 0 Å². The summed E-state index contributed by atoms with van der Waals surface area (Å²) in [5, 5.41) is 18.9. The van der Waals surface area contributed by atoms with Gasteiger partial charge in [-0.15, -0.1) is 10.2 Å². The van der Waals surface area contributed by atoms with E-state index in [2.05, 4.69) is 10.2 Å². The van der Waals surface area contributed by atoms with Crippen LogP contribution in [0.15, 0.2) is 4.42 Å². The molecule has 0 aromatic carbocycles. The Bertz CT molecular complexity index is 744. The summed E-state index contributed by atoms with van der Waals surface area (Å²) in [4.78, 5) is 27.6. The van der Waals surface area contributed by atoms with Crippen molar-refractivity contribution < 1.29 is 24.0 Å². The van der Waals surface area contributed by atoms with Crippen LogP contribution in [0.4, 0.5) is 9.59 Å². The number of urea groups is 1. The number of likely N-dealkylation sites (tertiary alicyclic amines) is 1. The first-order valence-corrected chi connectivity index (χ1v) is 9.33. The van der Waals surface area contributed by atoms with Crippen LogP contribution in [-0.4, -0.2) is 73.7 Å². The summed E-state index contributed by atoms with van der Waals surface area (Å²) in [6.45, 7) is 7.02. The first kappa shape index (κ1) is 18.0. The summed E-state index contributed by atoms with van der Waals surface area (Å²) in [5.74, 6) is 0.826. The molecule has 0 spiro atoms. The lowest BCUT2D eigenvalue weighted by Gasteiger charge is -2.27. The van der Waals surface area contributed by atoms with Crippen molar-refractivity contribution in [3.8, 4) is 0 Å². The number of rotatable bonds is 2. The van der Waals surface area contributed by atoms with Crippen LogP contribution >= 0.6 is 0 Å². The summed E-state index contributed by atoms with van der Waals surface area (Å²) < 4.78 is 11.3. The molecule has 27 heavy (non-hydrogen) atoms. The van der Waals surface area contributed by atoms with Crippen LogP contribution in [-0.2, 0) is 4.74 Å². The van der Waals surface area contributed by atoms with E-state index in [0.29, 0.717) is 44.3 Å². The molecule has 2 bridgehead atoms. The van der Waals surface area contributed by atoms with Crippen LogP contribution in [0.3, 0.4) is 0 Å². The van der Waals surface area contributed by atoms with Gasteiger partial charge in [-0.05, 0) is 40.0 Å². The predicted octanol–water partition coefficient (Wildman–Crippen LogP) is 2.12. The summed E-state index contributed by atoms with van der Waals surface area (Å²) >= 11 is 0. The Morgan fingerprint density at radius 3 is 2.67 bits per heavy atom. The molecular weight excluding hydrogens is 354 g/mol. The first-order chi connectivity index (χ1) is 12.7. The zero-order valence-corrected chi connectivity index (χ0v) is 15.8. The average Bonchev–Trinajstić information content (AvgIpc) is 3.31. The Labute approximate surface area is 157 Å². The monoisotopic (exact) mass is 379 g/mol. The number of amides is 3. The molecule has 1 unspecified atom stereocenters. The van der Waals surface area contributed by atoms with Gasteiger partial charge >= 0.3 is 12.1 Å². The number of hydrogen-bond acceptors (Lipinski definition) is 7. The molecule has 148 valence electrons. The smallest absolute Gasteiger partial charge is 0.410 e. The molecular formula is C17H25N5O5. The number of hydrogen-bond donors (Lipinski definition) is 1. The van der Waals surface area contributed by atoms with Crippen molar-refractivity contribution in [2.75, 3.05) is 19.6 Å². The van der Waals surface area contributed by atoms with Crippen molar-refractivity contribution in [2.45, 2.75) is 63.6 Å². The topological polar surface area (TPSA) is 112 Å². The highest BCUT2D eigenvalue weighted by molar-refractivity contribution is 5.76. The fraction of sp³-hybridized carbons (Fsp3) is 0.765. The number of carbonyl (C=O) groups excluding carboxylic acids is 2. The molecule has 3 aliphatic rings. The minimum atomic E-state index is -0.533. The lowest BCUT2D eigenvalue weighted by atomic mass is 10.0. The minimum absolute atomic E-state index is 0.0428. The van der Waals surface area contributed by atoms with E-state index in [9.17, 15) is 14.8 Å². The van der Waals surface area contributed by atoms with Crippen LogP contribution < -0.4 is 0 Å². The molecule has 10 nitrogen and oxygen atoms in total. The second kappa shape index (κ2) is 6.36. The maximum atomic E-state index is 12.2. The van der Waals surface area contributed by atoms with Crippen molar-refractivity contribution in [2.24, 2.45) is 0 Å². The molecule has 0 radical (unpaired) electrons. The zero-order chi connectivity index (χ0) is 19.3. The number of ether oxygens (including phenoxy) is 1. The van der Waals surface area contributed by atoms with Crippen LogP contribution in [0.5, 0.6) is 0 Å². The lowest BCUT2D eigenvalue weighted by Crippen LogP contribution is -2.35. The van der Waals surface area contributed by atoms with Gasteiger partial charge in [0.25, 0.3) is 0 Å². The molecule has 0 aliphatic carbocycles. The highest BCUT2D eigenvalue weighted by Gasteiger charge is 2.46. The summed E-state index contributed by atoms with van der Waals surface area (Å²) in [7, 11) is 0. The molecule has 10 heteroatoms. The van der Waals surface area contributed by atoms with E-state index in [1.807, 2.05) is 20.8 Å². The van der Waals surface area contributed by atoms with E-state index in [0.717, 1.165) is 11.5 Å². The number of aromatic nitrogens is 2. The number of piperidine rings is 1. The molecule has 1 aromatic heterocycles. The normalized spacial score (nSPS) is 28.2. The van der Waals surface area contributed by atoms with Gasteiger partial charge in [0, 0.05) is 19.6 Å². The van der Waals surface area contributed by atoms with Gasteiger partial charge in [0.05, 0.1) is 12.0 Å². The quantitative estimate of drug-likeness (QED) is 0.783. The molecule has 0 saturated carbocycles. The molecule has 3 atom stereocenters. The zero-order valence-electron chi connectivity index (χ0n) is 15.8. The second-order valence-corrected chi connectivity index (χ2v) is 8.42. The van der Waals surface area contributed by atoms with Crippen LogP contribution in [0, 0.1) is 0 Å². The van der Waals surface area contributed by atoms with Gasteiger partial charge in [-0.25, -0.2) is 14.7 Å². The number of nitrogens with zero attached hydrogens (tertiary/aromatic N) is 5. The Morgan fingerprint density at radius 2 is 1.93 bits per heavy atom. The lowest BCUT2D eigenvalue weighted by molar-refractivity contribution is -0.0584. The minimum Gasteiger partial charge on any atom is -0.444 e. The highest BCUT2D eigenvalue weighted by Crippen LogP contribution is 2.38. The van der Waals surface area contributed by atoms with Gasteiger partial charge in [0.1, 0.15) is 11.6 Å². The van der Waals surface area contributed by atoms with E-state index in [-0.39, 0.29) is 24.1 Å². The van der Waals surface area contributed by atoms with E-state index in [4.69, 9.17) is 9.15 Å². The number of carbonyl (C=O) groups is 2. The van der Waals surface area contributed by atoms with Crippen LogP contribution in [0.2, 0.25) is 0 Å². The van der Waals surface area contributed by atoms with E-state index >= 15 is 0 Å². The summed E-state index contributed by atoms with van der Waals surface area (Å²) in [5.41, 5.74) is -0.533. The van der Waals surface area contributed by atoms with Gasteiger partial charge in [-0.2, -0.15) is 0 Å². The fourth-order valence-electron chi connectivity index (χ4n) is 3.91. The number of fused-ring (bicyclic) bond motifs is 2. The van der Waals surface area contributed by atoms with E-state index in [1.54, 1.807) is 9.80 Å². The van der Waals surface area contributed by atoms with Crippen molar-refractivity contribution in [3.63, 3.8) is 0 Å². The van der Waals surface area contributed by atoms with Crippen molar-refractivity contribution in [1.82, 2.24) is 25.1 Å². The van der Waals surface area contributed by atoms with Gasteiger partial charge in [-0.3, -0.25) is 5.21 Å². The average molecular weight is 379 g/mol. The Morgan fingerprint density at radius 1 is 1.19 bits per heavy atom. The maximum Gasteiger partial charge on any atom is 0.410 e. The van der Waals surface area contributed by atoms with Crippen molar-refractivity contribution in [3.05, 3.63) is 11.8 Å². The maximum absolute atomic E-state index is 12.2. The van der Waals surface area contributed by atoms with Gasteiger partial charge in [-0.1, -0.05) is 0 Å². The second-order valence-electron chi connectivity index (χ2n) is 8.42. The largest absolute Gasteiger partial charge is 0.444 e. The predicted molar refractivity (Wildman–Crippen MR) is 91.0 cm³/mol. The molecule has 4 rings (SSSR count). The molecule has 1 aromatic rings. The summed E-state index contributed by atoms with van der Waals surface area (Å²) in [6.07, 6.45) is 1.75. The Kier molecular flexibility index (Phi) is 4.25. The molecule has 3 saturated heterocycles. The molecule has 4 heterocycles. The SMILES string of the molecule is CC(C)(C)OC(=O)N1CCC(c2nnc([C@@H]3CC[C@H]4CN3C(=O)N4O)o2)C1. The van der Waals surface area contributed by atoms with E-state index in [1.165, 1.54) is 0 Å². The van der Waals surface area contributed by atoms with Crippen molar-refractivity contribution >= 4 is 12.1 Å². The van der Waals surface area contributed by atoms with Crippen molar-refractivity contribution in [1.29, 1.82) is 0 Å². The Hall–Kier alpha value is -2.36. The first-order valence-electron chi connectivity index (χ1n) is 9.33.